The van der Waals surface area contributed by atoms with E-state index in [2.05, 4.69) is 0 Å². The van der Waals surface area contributed by atoms with E-state index in [0.29, 0.717) is 12.1 Å². The van der Waals surface area contributed by atoms with Gasteiger partial charge in [-0.25, -0.2) is 4.79 Å². The maximum absolute atomic E-state index is 12.1. The zero-order valence-corrected chi connectivity index (χ0v) is 13.5. The van der Waals surface area contributed by atoms with Gasteiger partial charge in [-0.15, -0.1) is 0 Å². The lowest BCUT2D eigenvalue weighted by molar-refractivity contribution is -0.125. The second-order valence-electron chi connectivity index (χ2n) is 5.00. The van der Waals surface area contributed by atoms with Gasteiger partial charge in [-0.3, -0.25) is 14.2 Å². The summed E-state index contributed by atoms with van der Waals surface area (Å²) in [5, 5.41) is 3.94. The van der Waals surface area contributed by atoms with Crippen LogP contribution in [0.5, 0.6) is 0 Å². The summed E-state index contributed by atoms with van der Waals surface area (Å²) in [4.78, 5) is 37.2. The van der Waals surface area contributed by atoms with Crippen molar-refractivity contribution in [3.8, 4) is 0 Å². The second-order valence-corrected chi connectivity index (χ2v) is 5.78. The topological polar surface area (TPSA) is 64.3 Å². The molecule has 2 aromatic rings. The maximum Gasteiger partial charge on any atom is 0.330 e. The first kappa shape index (κ1) is 16.0. The van der Waals surface area contributed by atoms with Crippen LogP contribution in [0.4, 0.5) is 0 Å². The molecule has 0 unspecified atom stereocenters. The van der Waals surface area contributed by atoms with E-state index in [1.54, 1.807) is 30.3 Å². The van der Waals surface area contributed by atoms with Gasteiger partial charge in [0, 0.05) is 40.0 Å². The van der Waals surface area contributed by atoms with E-state index in [1.807, 2.05) is 16.8 Å². The van der Waals surface area contributed by atoms with Crippen molar-refractivity contribution in [3.63, 3.8) is 0 Å². The fraction of sp³-hybridized carbons (Fsp3) is 0.267. The zero-order chi connectivity index (χ0) is 16.3. The van der Waals surface area contributed by atoms with Gasteiger partial charge in [0.2, 0.25) is 5.91 Å². The number of aryl methyl sites for hydroxylation is 1. The Morgan fingerprint density at radius 3 is 2.73 bits per heavy atom. The highest BCUT2D eigenvalue weighted by Crippen LogP contribution is 2.08. The molecule has 0 aliphatic carbocycles. The number of likely N-dealkylation sites (N-methyl/N-ethyl adjacent to an activating group) is 1. The number of thiophene rings is 1. The van der Waals surface area contributed by atoms with E-state index >= 15 is 0 Å². The first-order valence-corrected chi connectivity index (χ1v) is 7.55. The molecule has 7 heteroatoms. The van der Waals surface area contributed by atoms with Crippen LogP contribution >= 0.6 is 11.3 Å². The SMILES string of the molecule is CN(Cc1ccsc1)C(=O)/C=C\c1cn(C)c(=O)n(C)c1=O. The minimum atomic E-state index is -0.423. The monoisotopic (exact) mass is 319 g/mol. The average molecular weight is 319 g/mol. The highest BCUT2D eigenvalue weighted by molar-refractivity contribution is 7.07. The minimum Gasteiger partial charge on any atom is -0.338 e. The molecule has 0 aliphatic heterocycles. The van der Waals surface area contributed by atoms with Crippen LogP contribution in [0, 0.1) is 0 Å². The molecule has 2 rings (SSSR count). The smallest absolute Gasteiger partial charge is 0.330 e. The lowest BCUT2D eigenvalue weighted by Crippen LogP contribution is -2.37. The quantitative estimate of drug-likeness (QED) is 0.784. The average Bonchev–Trinajstić information content (AvgIpc) is 3.00. The van der Waals surface area contributed by atoms with Crippen LogP contribution < -0.4 is 11.2 Å². The summed E-state index contributed by atoms with van der Waals surface area (Å²) in [6.45, 7) is 0.512. The largest absolute Gasteiger partial charge is 0.338 e. The number of hydrogen-bond donors (Lipinski definition) is 0. The molecule has 0 aliphatic rings. The number of rotatable bonds is 4. The molecular weight excluding hydrogens is 302 g/mol. The van der Waals surface area contributed by atoms with Crippen molar-refractivity contribution >= 4 is 23.3 Å². The molecule has 2 aromatic heterocycles. The molecule has 0 saturated carbocycles. The normalized spacial score (nSPS) is 11.0. The Morgan fingerprint density at radius 1 is 1.36 bits per heavy atom. The molecule has 6 nitrogen and oxygen atoms in total. The van der Waals surface area contributed by atoms with Crippen molar-refractivity contribution in [2.24, 2.45) is 14.1 Å². The molecule has 2 heterocycles. The zero-order valence-electron chi connectivity index (χ0n) is 12.6. The third-order valence-electron chi connectivity index (χ3n) is 3.25. The lowest BCUT2D eigenvalue weighted by atomic mass is 10.2. The van der Waals surface area contributed by atoms with Gasteiger partial charge in [-0.1, -0.05) is 0 Å². The molecule has 0 atom stereocenters. The molecule has 0 bridgehead atoms. The van der Waals surface area contributed by atoms with Gasteiger partial charge in [0.25, 0.3) is 5.56 Å². The van der Waals surface area contributed by atoms with Crippen LogP contribution in [0.25, 0.3) is 6.08 Å². The molecule has 116 valence electrons. The molecule has 0 radical (unpaired) electrons. The molecule has 0 aromatic carbocycles. The van der Waals surface area contributed by atoms with Crippen molar-refractivity contribution < 1.29 is 4.79 Å². The van der Waals surface area contributed by atoms with E-state index in [0.717, 1.165) is 10.1 Å². The maximum atomic E-state index is 12.1. The number of nitrogens with zero attached hydrogens (tertiary/aromatic N) is 3. The first-order chi connectivity index (χ1) is 10.4. The van der Waals surface area contributed by atoms with Crippen molar-refractivity contribution in [2.45, 2.75) is 6.54 Å². The summed E-state index contributed by atoms with van der Waals surface area (Å²) in [5.41, 5.74) is 0.532. The second kappa shape index (κ2) is 6.57. The minimum absolute atomic E-state index is 0.206. The summed E-state index contributed by atoms with van der Waals surface area (Å²) in [5.74, 6) is -0.206. The number of carbonyl (C=O) groups excluding carboxylic acids is 1. The Kier molecular flexibility index (Phi) is 4.77. The molecule has 0 fully saturated rings. The third kappa shape index (κ3) is 3.43. The van der Waals surface area contributed by atoms with E-state index in [9.17, 15) is 14.4 Å². The van der Waals surface area contributed by atoms with Crippen LogP contribution in [0.15, 0.2) is 38.7 Å². The van der Waals surface area contributed by atoms with Crippen LogP contribution in [-0.2, 0) is 25.4 Å². The van der Waals surface area contributed by atoms with Crippen LogP contribution in [0.2, 0.25) is 0 Å². The Morgan fingerprint density at radius 2 is 2.09 bits per heavy atom. The number of carbonyl (C=O) groups is 1. The first-order valence-electron chi connectivity index (χ1n) is 6.61. The van der Waals surface area contributed by atoms with Gasteiger partial charge in [-0.2, -0.15) is 11.3 Å². The molecular formula is C15H17N3O3S. The van der Waals surface area contributed by atoms with E-state index < -0.39 is 11.2 Å². The molecule has 1 amide bonds. The van der Waals surface area contributed by atoms with Gasteiger partial charge in [0.15, 0.2) is 0 Å². The third-order valence-corrected chi connectivity index (χ3v) is 3.99. The Labute approximate surface area is 131 Å². The summed E-state index contributed by atoms with van der Waals surface area (Å²) in [7, 11) is 4.67. The Bertz CT molecular complexity index is 816. The molecule has 0 saturated heterocycles. The fourth-order valence-corrected chi connectivity index (χ4v) is 2.63. The summed E-state index contributed by atoms with van der Waals surface area (Å²) < 4.78 is 2.32. The van der Waals surface area contributed by atoms with Crippen molar-refractivity contribution in [1.29, 1.82) is 0 Å². The van der Waals surface area contributed by atoms with Crippen LogP contribution in [-0.4, -0.2) is 27.0 Å². The molecule has 0 spiro atoms. The summed E-state index contributed by atoms with van der Waals surface area (Å²) >= 11 is 1.58. The van der Waals surface area contributed by atoms with E-state index in [4.69, 9.17) is 0 Å². The van der Waals surface area contributed by atoms with E-state index in [1.165, 1.54) is 30.0 Å². The van der Waals surface area contributed by atoms with E-state index in [-0.39, 0.29) is 5.91 Å². The van der Waals surface area contributed by atoms with Gasteiger partial charge < -0.3 is 9.47 Å². The van der Waals surface area contributed by atoms with Gasteiger partial charge >= 0.3 is 5.69 Å². The lowest BCUT2D eigenvalue weighted by Gasteiger charge is -2.13. The fourth-order valence-electron chi connectivity index (χ4n) is 1.97. The van der Waals surface area contributed by atoms with Gasteiger partial charge in [0.1, 0.15) is 0 Å². The van der Waals surface area contributed by atoms with Crippen molar-refractivity contribution in [1.82, 2.24) is 14.0 Å². The van der Waals surface area contributed by atoms with Gasteiger partial charge in [-0.05, 0) is 28.5 Å². The Balaban J connectivity index is 2.16. The predicted octanol–water partition coefficient (Wildman–Crippen LogP) is 0.817. The molecule has 22 heavy (non-hydrogen) atoms. The van der Waals surface area contributed by atoms with Crippen molar-refractivity contribution in [3.05, 3.63) is 61.1 Å². The number of hydrogen-bond acceptors (Lipinski definition) is 4. The number of amides is 1. The Hall–Kier alpha value is -2.41. The summed E-state index contributed by atoms with van der Waals surface area (Å²) in [6, 6.07) is 1.96. The number of aromatic nitrogens is 2. The standard InChI is InChI=1S/C15H17N3O3S/c1-16(8-11-6-7-22-10-11)13(19)5-4-12-9-17(2)15(21)18(3)14(12)20/h4-7,9-10H,8H2,1-3H3/b5-4-. The van der Waals surface area contributed by atoms with Crippen LogP contribution in [0.1, 0.15) is 11.1 Å². The predicted molar refractivity (Wildman–Crippen MR) is 86.8 cm³/mol. The highest BCUT2D eigenvalue weighted by atomic mass is 32.1. The van der Waals surface area contributed by atoms with Crippen molar-refractivity contribution in [2.75, 3.05) is 7.05 Å². The summed E-state index contributed by atoms with van der Waals surface area (Å²) in [6.07, 6.45) is 4.20. The van der Waals surface area contributed by atoms with Crippen LogP contribution in [0.3, 0.4) is 0 Å². The molecule has 0 N–H and O–H groups in total. The highest BCUT2D eigenvalue weighted by Gasteiger charge is 2.08. The van der Waals surface area contributed by atoms with Gasteiger partial charge in [0.05, 0.1) is 5.56 Å².